The van der Waals surface area contributed by atoms with E-state index in [4.69, 9.17) is 14.2 Å². The second-order valence-electron chi connectivity index (χ2n) is 5.95. The fourth-order valence-corrected chi connectivity index (χ4v) is 2.49. The molecular formula is C22H25O5P. The molecule has 5 nitrogen and oxygen atoms in total. The number of rotatable bonds is 6. The highest BCUT2D eigenvalue weighted by atomic mass is 31.0. The zero-order valence-electron chi connectivity index (χ0n) is 16.6. The van der Waals surface area contributed by atoms with Crippen molar-refractivity contribution in [3.8, 4) is 28.4 Å². The van der Waals surface area contributed by atoms with Crippen LogP contribution < -0.4 is 19.5 Å². The lowest BCUT2D eigenvalue weighted by Gasteiger charge is -2.12. The summed E-state index contributed by atoms with van der Waals surface area (Å²) < 4.78 is 15.8. The van der Waals surface area contributed by atoms with Crippen molar-refractivity contribution in [1.29, 1.82) is 0 Å². The molecule has 0 aliphatic rings. The Morgan fingerprint density at radius 1 is 1.00 bits per heavy atom. The van der Waals surface area contributed by atoms with Gasteiger partial charge in [-0.15, -0.1) is 9.24 Å². The molecule has 148 valence electrons. The molecule has 2 aromatic carbocycles. The van der Waals surface area contributed by atoms with Crippen molar-refractivity contribution >= 4 is 26.8 Å². The summed E-state index contributed by atoms with van der Waals surface area (Å²) in [6.45, 7) is 10.1. The highest BCUT2D eigenvalue weighted by molar-refractivity contribution is 7.28. The number of methoxy groups -OCH3 is 2. The second-order valence-corrected chi connectivity index (χ2v) is 6.57. The highest BCUT2D eigenvalue weighted by Crippen LogP contribution is 2.32. The molecule has 0 aromatic heterocycles. The molecular weight excluding hydrogens is 375 g/mol. The highest BCUT2D eigenvalue weighted by Gasteiger charge is 2.11. The van der Waals surface area contributed by atoms with Crippen LogP contribution in [0.15, 0.2) is 60.7 Å². The summed E-state index contributed by atoms with van der Waals surface area (Å²) in [5, 5.41) is 0.907. The maximum atomic E-state index is 11.6. The van der Waals surface area contributed by atoms with E-state index in [9.17, 15) is 9.59 Å². The Morgan fingerprint density at radius 2 is 1.61 bits per heavy atom. The van der Waals surface area contributed by atoms with E-state index in [1.807, 2.05) is 24.3 Å². The van der Waals surface area contributed by atoms with Crippen molar-refractivity contribution in [2.24, 2.45) is 0 Å². The number of hydrogen-bond acceptors (Lipinski definition) is 5. The average molecular weight is 400 g/mol. The van der Waals surface area contributed by atoms with Crippen LogP contribution in [0.4, 0.5) is 0 Å². The Hall–Kier alpha value is -2.91. The van der Waals surface area contributed by atoms with E-state index in [1.165, 1.54) is 0 Å². The lowest BCUT2D eigenvalue weighted by molar-refractivity contribution is -0.130. The van der Waals surface area contributed by atoms with Crippen LogP contribution in [0.5, 0.6) is 17.2 Å². The third kappa shape index (κ3) is 6.67. The number of benzene rings is 2. The van der Waals surface area contributed by atoms with Crippen LogP contribution in [0.25, 0.3) is 11.1 Å². The van der Waals surface area contributed by atoms with E-state index in [1.54, 1.807) is 40.2 Å². The van der Waals surface area contributed by atoms with E-state index >= 15 is 0 Å². The third-order valence-electron chi connectivity index (χ3n) is 3.48. The van der Waals surface area contributed by atoms with Gasteiger partial charge in [-0.05, 0) is 60.1 Å². The molecule has 0 N–H and O–H groups in total. The molecule has 0 saturated carbocycles. The van der Waals surface area contributed by atoms with Gasteiger partial charge in [0.15, 0.2) is 11.5 Å². The molecule has 1 atom stereocenters. The fraction of sp³-hybridized carbons (Fsp3) is 0.182. The normalized spacial score (nSPS) is 9.46. The minimum atomic E-state index is -0.437. The number of carbonyl (C=O) groups is 2. The van der Waals surface area contributed by atoms with Gasteiger partial charge in [-0.2, -0.15) is 0 Å². The van der Waals surface area contributed by atoms with E-state index in [-0.39, 0.29) is 0 Å². The van der Waals surface area contributed by atoms with Crippen molar-refractivity contribution in [3.05, 3.63) is 60.7 Å². The van der Waals surface area contributed by atoms with Gasteiger partial charge in [0.25, 0.3) is 0 Å². The lowest BCUT2D eigenvalue weighted by Crippen LogP contribution is -2.09. The molecule has 0 heterocycles. The molecule has 0 aliphatic heterocycles. The van der Waals surface area contributed by atoms with Gasteiger partial charge in [0.05, 0.1) is 14.2 Å². The summed E-state index contributed by atoms with van der Waals surface area (Å²) in [5.74, 6) is 1.38. The Labute approximate surface area is 168 Å². The molecule has 0 bridgehead atoms. The summed E-state index contributed by atoms with van der Waals surface area (Å²) in [6, 6.07) is 11.1. The third-order valence-corrected chi connectivity index (χ3v) is 3.96. The van der Waals surface area contributed by atoms with Gasteiger partial charge < -0.3 is 14.2 Å². The Kier molecular flexibility index (Phi) is 9.13. The van der Waals surface area contributed by atoms with E-state index in [0.717, 1.165) is 22.7 Å². The minimum absolute atomic E-state index is 0.360. The molecule has 0 aliphatic carbocycles. The number of aldehydes is 1. The predicted molar refractivity (Wildman–Crippen MR) is 116 cm³/mol. The summed E-state index contributed by atoms with van der Waals surface area (Å²) in [6.07, 6.45) is 0.722. The van der Waals surface area contributed by atoms with Crippen molar-refractivity contribution in [3.63, 3.8) is 0 Å². The monoisotopic (exact) mass is 400 g/mol. The first-order chi connectivity index (χ1) is 13.2. The van der Waals surface area contributed by atoms with Gasteiger partial charge in [0.1, 0.15) is 12.0 Å². The lowest BCUT2D eigenvalue weighted by atomic mass is 10.0. The summed E-state index contributed by atoms with van der Waals surface area (Å²) in [4.78, 5) is 21.0. The van der Waals surface area contributed by atoms with Crippen LogP contribution >= 0.6 is 9.24 Å². The van der Waals surface area contributed by atoms with Crippen LogP contribution in [-0.2, 0) is 9.59 Å². The molecule has 28 heavy (non-hydrogen) atoms. The Balaban J connectivity index is 0.000000696. The maximum absolute atomic E-state index is 11.6. The zero-order chi connectivity index (χ0) is 21.3. The van der Waals surface area contributed by atoms with Gasteiger partial charge in [0, 0.05) is 5.57 Å². The zero-order valence-corrected chi connectivity index (χ0v) is 17.7. The SMILES string of the molecule is C=C(C)C(=O)Oc1ccc(-c2ccc(OC)c(OC)c2)c(P)c1.C=C(C)C=O. The Morgan fingerprint density at radius 3 is 2.07 bits per heavy atom. The summed E-state index contributed by atoms with van der Waals surface area (Å²) in [7, 11) is 5.85. The van der Waals surface area contributed by atoms with Crippen LogP contribution in [0.3, 0.4) is 0 Å². The minimum Gasteiger partial charge on any atom is -0.493 e. The molecule has 2 aromatic rings. The first kappa shape index (κ1) is 23.1. The summed E-state index contributed by atoms with van der Waals surface area (Å²) in [5.41, 5.74) is 2.90. The van der Waals surface area contributed by atoms with Crippen molar-refractivity contribution < 1.29 is 23.8 Å². The molecule has 2 rings (SSSR count). The van der Waals surface area contributed by atoms with Gasteiger partial charge in [-0.1, -0.05) is 25.3 Å². The number of hydrogen-bond donors (Lipinski definition) is 0. The standard InChI is InChI=1S/C18H19O4P.C4H6O/c1-11(2)18(19)22-13-6-7-14(17(23)10-13)12-5-8-15(20-3)16(9-12)21-4;1-4(2)3-5/h5-10H,1,23H2,2-4H3;3H,1H2,2H3. The quantitative estimate of drug-likeness (QED) is 0.240. The Bertz CT molecular complexity index is 886. The molecule has 0 amide bonds. The molecule has 0 fully saturated rings. The topological polar surface area (TPSA) is 61.8 Å². The van der Waals surface area contributed by atoms with E-state index in [2.05, 4.69) is 22.4 Å². The smallest absolute Gasteiger partial charge is 0.338 e. The van der Waals surface area contributed by atoms with Crippen molar-refractivity contribution in [1.82, 2.24) is 0 Å². The predicted octanol–water partition coefficient (Wildman–Crippen LogP) is 4.11. The molecule has 0 radical (unpaired) electrons. The fourth-order valence-electron chi connectivity index (χ4n) is 2.07. The molecule has 0 saturated heterocycles. The number of ether oxygens (including phenoxy) is 3. The van der Waals surface area contributed by atoms with Crippen LogP contribution in [0.2, 0.25) is 0 Å². The van der Waals surface area contributed by atoms with Crippen molar-refractivity contribution in [2.75, 3.05) is 14.2 Å². The first-order valence-corrected chi connectivity index (χ1v) is 8.91. The van der Waals surface area contributed by atoms with E-state index < -0.39 is 5.97 Å². The maximum Gasteiger partial charge on any atom is 0.338 e. The van der Waals surface area contributed by atoms with E-state index in [0.29, 0.717) is 28.4 Å². The largest absolute Gasteiger partial charge is 0.493 e. The van der Waals surface area contributed by atoms with Crippen molar-refractivity contribution in [2.45, 2.75) is 13.8 Å². The number of esters is 1. The molecule has 6 heteroatoms. The van der Waals surface area contributed by atoms with Crippen LogP contribution in [0.1, 0.15) is 13.8 Å². The first-order valence-electron chi connectivity index (χ1n) is 8.33. The second kappa shape index (κ2) is 11.1. The van der Waals surface area contributed by atoms with Gasteiger partial charge in [-0.25, -0.2) is 4.79 Å². The van der Waals surface area contributed by atoms with Gasteiger partial charge in [0.2, 0.25) is 0 Å². The van der Waals surface area contributed by atoms with Crippen LogP contribution in [-0.4, -0.2) is 26.5 Å². The van der Waals surface area contributed by atoms with Crippen LogP contribution in [0, 0.1) is 0 Å². The average Bonchev–Trinajstić information content (AvgIpc) is 2.67. The summed E-state index contributed by atoms with van der Waals surface area (Å²) >= 11 is 0. The van der Waals surface area contributed by atoms with Gasteiger partial charge >= 0.3 is 5.97 Å². The van der Waals surface area contributed by atoms with Gasteiger partial charge in [-0.3, -0.25) is 4.79 Å². The molecule has 0 spiro atoms. The number of allylic oxidation sites excluding steroid dienone is 1. The molecule has 1 unspecified atom stereocenters. The number of carbonyl (C=O) groups excluding carboxylic acids is 2.